The fraction of sp³-hybridized carbons (Fsp3) is 0.0435. The van der Waals surface area contributed by atoms with Crippen LogP contribution in [0.15, 0.2) is 61.1 Å². The van der Waals surface area contributed by atoms with Gasteiger partial charge in [-0.1, -0.05) is 12.1 Å². The third kappa shape index (κ3) is 2.96. The number of nitrogens with zero attached hydrogens (tertiary/aromatic N) is 4. The second-order valence-corrected chi connectivity index (χ2v) is 8.69. The van der Waals surface area contributed by atoms with Crippen LogP contribution in [-0.2, 0) is 0 Å². The van der Waals surface area contributed by atoms with Crippen molar-refractivity contribution in [1.29, 1.82) is 0 Å². The number of fused-ring (bicyclic) bond motifs is 2. The van der Waals surface area contributed by atoms with Crippen LogP contribution in [0.5, 0.6) is 0 Å². The molecule has 0 atom stereocenters. The maximum atomic E-state index is 5.90. The minimum Gasteiger partial charge on any atom is -0.397 e. The van der Waals surface area contributed by atoms with Crippen LogP contribution in [0.25, 0.3) is 55.2 Å². The third-order valence-corrected chi connectivity index (χ3v) is 6.29. The van der Waals surface area contributed by atoms with E-state index in [1.807, 2.05) is 24.3 Å². The maximum absolute atomic E-state index is 5.90. The van der Waals surface area contributed by atoms with Gasteiger partial charge in [0.2, 0.25) is 0 Å². The van der Waals surface area contributed by atoms with Gasteiger partial charge in [-0.2, -0.15) is 5.10 Å². The highest BCUT2D eigenvalue weighted by molar-refractivity contribution is 7.15. The van der Waals surface area contributed by atoms with Gasteiger partial charge in [0.05, 0.1) is 22.1 Å². The van der Waals surface area contributed by atoms with E-state index in [-0.39, 0.29) is 0 Å². The number of nitrogens with two attached hydrogens (primary N) is 1. The molecule has 0 amide bonds. The first-order valence-electron chi connectivity index (χ1n) is 9.76. The minimum atomic E-state index is 0.610. The monoisotopic (exact) mass is 423 g/mol. The number of thiophene rings is 1. The highest BCUT2D eigenvalue weighted by atomic mass is 32.1. The molecule has 0 unspecified atom stereocenters. The van der Waals surface area contributed by atoms with Crippen LogP contribution in [0.4, 0.5) is 5.69 Å². The minimum absolute atomic E-state index is 0.610. The predicted molar refractivity (Wildman–Crippen MR) is 125 cm³/mol. The number of hydrogen-bond acceptors (Lipinski definition) is 6. The number of hydrogen-bond donors (Lipinski definition) is 3. The van der Waals surface area contributed by atoms with Gasteiger partial charge in [-0.3, -0.25) is 10.1 Å². The summed E-state index contributed by atoms with van der Waals surface area (Å²) in [5.41, 5.74) is 12.8. The van der Waals surface area contributed by atoms with E-state index in [1.165, 1.54) is 9.75 Å². The van der Waals surface area contributed by atoms with Gasteiger partial charge in [-0.15, -0.1) is 11.3 Å². The quantitative estimate of drug-likeness (QED) is 0.363. The van der Waals surface area contributed by atoms with Crippen LogP contribution in [0.1, 0.15) is 4.88 Å². The summed E-state index contributed by atoms with van der Waals surface area (Å²) in [5.74, 6) is 0.725. The number of anilines is 1. The summed E-state index contributed by atoms with van der Waals surface area (Å²) in [6.45, 7) is 2.11. The topological polar surface area (TPSA) is 109 Å². The van der Waals surface area contributed by atoms with E-state index in [2.05, 4.69) is 50.3 Å². The van der Waals surface area contributed by atoms with Gasteiger partial charge < -0.3 is 10.7 Å². The zero-order valence-corrected chi connectivity index (χ0v) is 17.4. The average molecular weight is 424 g/mol. The molecule has 6 aromatic rings. The molecule has 0 aliphatic heterocycles. The molecule has 150 valence electrons. The summed E-state index contributed by atoms with van der Waals surface area (Å²) in [4.78, 5) is 19.5. The summed E-state index contributed by atoms with van der Waals surface area (Å²) >= 11 is 1.77. The summed E-state index contributed by atoms with van der Waals surface area (Å²) < 4.78 is 0. The maximum Gasteiger partial charge on any atom is 0.181 e. The van der Waals surface area contributed by atoms with Crippen molar-refractivity contribution in [3.63, 3.8) is 0 Å². The van der Waals surface area contributed by atoms with Crippen LogP contribution in [0, 0.1) is 6.92 Å². The number of rotatable bonds is 3. The van der Waals surface area contributed by atoms with Crippen molar-refractivity contribution in [2.75, 3.05) is 5.73 Å². The number of para-hydroxylation sites is 1. The lowest BCUT2D eigenvalue weighted by atomic mass is 10.1. The normalized spacial score (nSPS) is 11.5. The zero-order chi connectivity index (χ0) is 20.9. The van der Waals surface area contributed by atoms with E-state index < -0.39 is 0 Å². The van der Waals surface area contributed by atoms with E-state index in [4.69, 9.17) is 10.7 Å². The Bertz CT molecular complexity index is 1570. The summed E-state index contributed by atoms with van der Waals surface area (Å²) in [7, 11) is 0. The number of benzene rings is 1. The Morgan fingerprint density at radius 3 is 2.74 bits per heavy atom. The van der Waals surface area contributed by atoms with Crippen molar-refractivity contribution in [3.05, 3.63) is 65.9 Å². The molecular formula is C23H17N7S. The molecule has 31 heavy (non-hydrogen) atoms. The predicted octanol–water partition coefficient (Wildman–Crippen LogP) is 5.18. The molecule has 5 aromatic heterocycles. The molecule has 0 radical (unpaired) electrons. The Kier molecular flexibility index (Phi) is 3.87. The molecule has 0 saturated heterocycles. The van der Waals surface area contributed by atoms with E-state index in [0.717, 1.165) is 44.6 Å². The van der Waals surface area contributed by atoms with Crippen LogP contribution >= 0.6 is 11.3 Å². The Balaban J connectivity index is 1.51. The van der Waals surface area contributed by atoms with Crippen molar-refractivity contribution in [3.8, 4) is 33.1 Å². The van der Waals surface area contributed by atoms with Gasteiger partial charge in [0.15, 0.2) is 11.5 Å². The van der Waals surface area contributed by atoms with Crippen LogP contribution < -0.4 is 5.73 Å². The van der Waals surface area contributed by atoms with Gasteiger partial charge in [-0.25, -0.2) is 9.97 Å². The molecule has 4 N–H and O–H groups in total. The van der Waals surface area contributed by atoms with Gasteiger partial charge in [-0.05, 0) is 37.3 Å². The molecule has 0 spiro atoms. The highest BCUT2D eigenvalue weighted by Crippen LogP contribution is 2.35. The standard InChI is InChI=1S/C23H17N7S/c1-12-5-6-19(31-12)16-3-2-4-18-20(16)28-23(27-18)21-17-8-14(10-26-22(17)30-29-21)13-7-15(24)11-25-9-13/h2-11H,24H2,1H3,(H,27,28)(H,26,29,30). The molecule has 0 bridgehead atoms. The van der Waals surface area contributed by atoms with Gasteiger partial charge in [0.25, 0.3) is 0 Å². The number of nitrogen functional groups attached to an aromatic ring is 1. The molecule has 0 fully saturated rings. The lowest BCUT2D eigenvalue weighted by molar-refractivity contribution is 1.09. The number of H-pyrrole nitrogens is 2. The number of aryl methyl sites for hydroxylation is 1. The lowest BCUT2D eigenvalue weighted by Crippen LogP contribution is -1.89. The lowest BCUT2D eigenvalue weighted by Gasteiger charge is -2.02. The molecule has 0 aliphatic carbocycles. The Morgan fingerprint density at radius 1 is 1.00 bits per heavy atom. The van der Waals surface area contributed by atoms with Gasteiger partial charge in [0, 0.05) is 45.0 Å². The molecule has 0 aliphatic rings. The number of nitrogens with one attached hydrogen (secondary N) is 2. The molecule has 7 nitrogen and oxygen atoms in total. The van der Waals surface area contributed by atoms with Crippen molar-refractivity contribution >= 4 is 39.1 Å². The van der Waals surface area contributed by atoms with Crippen molar-refractivity contribution in [2.45, 2.75) is 6.92 Å². The fourth-order valence-electron chi connectivity index (χ4n) is 3.78. The Morgan fingerprint density at radius 2 is 1.90 bits per heavy atom. The summed E-state index contributed by atoms with van der Waals surface area (Å²) in [6, 6.07) is 14.4. The number of pyridine rings is 2. The van der Waals surface area contributed by atoms with Crippen LogP contribution in [0.3, 0.4) is 0 Å². The van der Waals surface area contributed by atoms with E-state index in [0.29, 0.717) is 11.3 Å². The smallest absolute Gasteiger partial charge is 0.181 e. The second-order valence-electron chi connectivity index (χ2n) is 7.40. The Labute approximate surface area is 181 Å². The van der Waals surface area contributed by atoms with Crippen molar-refractivity contribution in [1.82, 2.24) is 30.1 Å². The van der Waals surface area contributed by atoms with Crippen molar-refractivity contribution < 1.29 is 0 Å². The third-order valence-electron chi connectivity index (χ3n) is 5.26. The zero-order valence-electron chi connectivity index (χ0n) is 16.5. The Hall–Kier alpha value is -4.04. The average Bonchev–Trinajstić information content (AvgIpc) is 3.50. The van der Waals surface area contributed by atoms with E-state index >= 15 is 0 Å². The highest BCUT2D eigenvalue weighted by Gasteiger charge is 2.16. The van der Waals surface area contributed by atoms with E-state index in [1.54, 1.807) is 29.9 Å². The summed E-state index contributed by atoms with van der Waals surface area (Å²) in [6.07, 6.45) is 5.18. The first kappa shape index (κ1) is 17.8. The molecule has 8 heteroatoms. The first-order valence-corrected chi connectivity index (χ1v) is 10.6. The SMILES string of the molecule is Cc1ccc(-c2cccc3[nH]c(-c4[nH]nc5ncc(-c6cncc(N)c6)cc45)nc23)s1. The number of imidazole rings is 1. The van der Waals surface area contributed by atoms with Gasteiger partial charge in [0.1, 0.15) is 5.69 Å². The molecule has 0 saturated carbocycles. The molecule has 5 heterocycles. The number of aromatic nitrogens is 6. The van der Waals surface area contributed by atoms with E-state index in [9.17, 15) is 0 Å². The first-order chi connectivity index (χ1) is 15.2. The second kappa shape index (κ2) is 6.75. The molecule has 6 rings (SSSR count). The molecular weight excluding hydrogens is 406 g/mol. The van der Waals surface area contributed by atoms with Gasteiger partial charge >= 0.3 is 0 Å². The molecule has 1 aromatic carbocycles. The fourth-order valence-corrected chi connectivity index (χ4v) is 4.68. The van der Waals surface area contributed by atoms with Crippen LogP contribution in [-0.4, -0.2) is 30.1 Å². The number of aromatic amines is 2. The van der Waals surface area contributed by atoms with Crippen molar-refractivity contribution in [2.24, 2.45) is 0 Å². The van der Waals surface area contributed by atoms with Crippen LogP contribution in [0.2, 0.25) is 0 Å². The largest absolute Gasteiger partial charge is 0.397 e. The summed E-state index contributed by atoms with van der Waals surface area (Å²) in [5, 5.41) is 8.35.